The summed E-state index contributed by atoms with van der Waals surface area (Å²) in [5.41, 5.74) is 2.08. The predicted molar refractivity (Wildman–Crippen MR) is 123 cm³/mol. The van der Waals surface area contributed by atoms with E-state index in [-0.39, 0.29) is 30.1 Å². The number of aromatic hydroxyl groups is 1. The summed E-state index contributed by atoms with van der Waals surface area (Å²) in [6.07, 6.45) is -0.665. The van der Waals surface area contributed by atoms with E-state index >= 15 is 0 Å². The lowest BCUT2D eigenvalue weighted by molar-refractivity contribution is 0.00578. The van der Waals surface area contributed by atoms with Crippen LogP contribution < -0.4 is 15.5 Å². The second-order valence-corrected chi connectivity index (χ2v) is 9.23. The lowest BCUT2D eigenvalue weighted by atomic mass is 9.76. The number of rotatable bonds is 8. The van der Waals surface area contributed by atoms with E-state index in [1.165, 1.54) is 0 Å². The van der Waals surface area contributed by atoms with E-state index < -0.39 is 6.10 Å². The number of hydrogen-bond acceptors (Lipinski definition) is 6. The Balaban J connectivity index is 1.49. The first-order chi connectivity index (χ1) is 14.5. The zero-order valence-electron chi connectivity index (χ0n) is 19.3. The van der Waals surface area contributed by atoms with Gasteiger partial charge >= 0.3 is 7.12 Å². The number of nitrogens with one attached hydrogen (secondary N) is 1. The molecular weight excluding hydrogens is 393 g/mol. The minimum atomic E-state index is -0.665. The number of benzene rings is 2. The van der Waals surface area contributed by atoms with Crippen LogP contribution in [0.2, 0.25) is 0 Å². The van der Waals surface area contributed by atoms with Gasteiger partial charge in [-0.05, 0) is 82.4 Å². The van der Waals surface area contributed by atoms with Crippen molar-refractivity contribution in [3.8, 4) is 11.5 Å². The average molecular weight is 427 g/mol. The van der Waals surface area contributed by atoms with E-state index in [1.807, 2.05) is 59.7 Å². The van der Waals surface area contributed by atoms with Gasteiger partial charge in [-0.25, -0.2) is 0 Å². The summed E-state index contributed by atoms with van der Waals surface area (Å²) in [5.74, 6) is 0.969. The van der Waals surface area contributed by atoms with Crippen molar-refractivity contribution in [1.82, 2.24) is 5.32 Å². The third-order valence-electron chi connectivity index (χ3n) is 6.29. The van der Waals surface area contributed by atoms with Crippen molar-refractivity contribution in [3.63, 3.8) is 0 Å². The molecule has 0 aromatic heterocycles. The number of hydrogen-bond donors (Lipinski definition) is 3. The molecule has 1 aliphatic heterocycles. The molecule has 0 unspecified atom stereocenters. The number of aryl methyl sites for hydroxylation is 1. The van der Waals surface area contributed by atoms with E-state index in [2.05, 4.69) is 5.32 Å². The zero-order chi connectivity index (χ0) is 22.8. The Labute approximate surface area is 185 Å². The molecule has 3 rings (SSSR count). The molecule has 6 nitrogen and oxygen atoms in total. The molecule has 7 heteroatoms. The topological polar surface area (TPSA) is 80.2 Å². The molecule has 2 aromatic rings. The van der Waals surface area contributed by atoms with E-state index in [9.17, 15) is 10.2 Å². The summed E-state index contributed by atoms with van der Waals surface area (Å²) in [6.45, 7) is 13.2. The van der Waals surface area contributed by atoms with Gasteiger partial charge < -0.3 is 29.6 Å². The third kappa shape index (κ3) is 5.41. The Bertz CT molecular complexity index is 868. The van der Waals surface area contributed by atoms with Gasteiger partial charge in [0.2, 0.25) is 0 Å². The van der Waals surface area contributed by atoms with Gasteiger partial charge in [-0.2, -0.15) is 0 Å². The van der Waals surface area contributed by atoms with Gasteiger partial charge in [0.15, 0.2) is 0 Å². The lowest BCUT2D eigenvalue weighted by Crippen LogP contribution is -2.41. The van der Waals surface area contributed by atoms with E-state index in [0.29, 0.717) is 13.2 Å². The van der Waals surface area contributed by atoms with E-state index in [0.717, 1.165) is 22.3 Å². The highest BCUT2D eigenvalue weighted by Crippen LogP contribution is 2.36. The Kier molecular flexibility index (Phi) is 7.01. The molecule has 168 valence electrons. The second-order valence-electron chi connectivity index (χ2n) is 9.23. The van der Waals surface area contributed by atoms with Gasteiger partial charge in [-0.1, -0.05) is 18.2 Å². The number of phenols is 1. The maximum absolute atomic E-state index is 10.4. The summed E-state index contributed by atoms with van der Waals surface area (Å²) in [4.78, 5) is 0. The van der Waals surface area contributed by atoms with E-state index in [1.54, 1.807) is 24.3 Å². The third-order valence-corrected chi connectivity index (χ3v) is 6.29. The maximum atomic E-state index is 10.4. The van der Waals surface area contributed by atoms with Gasteiger partial charge in [0.1, 0.15) is 18.1 Å². The van der Waals surface area contributed by atoms with Gasteiger partial charge in [0.25, 0.3) is 0 Å². The van der Waals surface area contributed by atoms with Crippen molar-refractivity contribution in [2.45, 2.75) is 64.9 Å². The molecule has 1 heterocycles. The maximum Gasteiger partial charge on any atom is 0.495 e. The molecule has 0 spiro atoms. The molecule has 31 heavy (non-hydrogen) atoms. The molecule has 0 radical (unpaired) electrons. The fourth-order valence-electron chi connectivity index (χ4n) is 3.50. The zero-order valence-corrected chi connectivity index (χ0v) is 19.3. The minimum absolute atomic E-state index is 0.152. The monoisotopic (exact) mass is 427 g/mol. The molecule has 3 N–H and O–H groups in total. The van der Waals surface area contributed by atoms with Crippen LogP contribution in [-0.2, 0) is 9.31 Å². The van der Waals surface area contributed by atoms with Crippen molar-refractivity contribution in [1.29, 1.82) is 0 Å². The van der Waals surface area contributed by atoms with Crippen LogP contribution in [0.25, 0.3) is 0 Å². The van der Waals surface area contributed by atoms with Crippen LogP contribution in [0.4, 0.5) is 0 Å². The Morgan fingerprint density at radius 1 is 1.03 bits per heavy atom. The summed E-state index contributed by atoms with van der Waals surface area (Å²) >= 11 is 0. The van der Waals surface area contributed by atoms with Crippen LogP contribution in [0.3, 0.4) is 0 Å². The van der Waals surface area contributed by atoms with Crippen LogP contribution in [-0.4, -0.2) is 47.7 Å². The summed E-state index contributed by atoms with van der Waals surface area (Å²) in [6, 6.07) is 12.4. The first-order valence-electron chi connectivity index (χ1n) is 10.8. The molecule has 1 fully saturated rings. The van der Waals surface area contributed by atoms with Gasteiger partial charge in [0, 0.05) is 12.6 Å². The fraction of sp³-hybridized carbons (Fsp3) is 0.500. The molecule has 1 aliphatic rings. The first kappa shape index (κ1) is 23.6. The SMILES string of the molecule is Cc1cc(OCCN[C@@H](C)[C@H](O)c2ccc(O)cc2)ccc1B1OC(C)(C)C(C)(C)O1. The molecule has 1 saturated heterocycles. The standard InChI is InChI=1S/C24H34BNO5/c1-16-15-20(11-12-21(16)25-30-23(3,4)24(5,6)31-25)29-14-13-26-17(2)22(28)18-7-9-19(27)10-8-18/h7-12,15,17,22,26-28H,13-14H2,1-6H3/t17-,22-/m0/s1. The molecule has 2 aromatic carbocycles. The smallest absolute Gasteiger partial charge is 0.495 e. The Morgan fingerprint density at radius 2 is 1.65 bits per heavy atom. The van der Waals surface area contributed by atoms with Gasteiger partial charge in [0.05, 0.1) is 17.3 Å². The normalized spacial score (nSPS) is 19.3. The number of aliphatic hydroxyl groups excluding tert-OH is 1. The molecular formula is C24H34BNO5. The number of aliphatic hydroxyl groups is 1. The van der Waals surface area contributed by atoms with Crippen LogP contribution in [0.15, 0.2) is 42.5 Å². The lowest BCUT2D eigenvalue weighted by Gasteiger charge is -2.32. The summed E-state index contributed by atoms with van der Waals surface area (Å²) < 4.78 is 18.2. The Morgan fingerprint density at radius 3 is 2.23 bits per heavy atom. The predicted octanol–water partition coefficient (Wildman–Crippen LogP) is 3.09. The highest BCUT2D eigenvalue weighted by molar-refractivity contribution is 6.62. The molecule has 0 amide bonds. The quantitative estimate of drug-likeness (QED) is 0.444. The number of phenolic OH excluding ortho intramolecular Hbond substituents is 1. The van der Waals surface area contributed by atoms with Crippen LogP contribution in [0, 0.1) is 6.92 Å². The van der Waals surface area contributed by atoms with Gasteiger partial charge in [-0.15, -0.1) is 0 Å². The minimum Gasteiger partial charge on any atom is -0.508 e. The highest BCUT2D eigenvalue weighted by Gasteiger charge is 2.52. The number of ether oxygens (including phenoxy) is 1. The Hall–Kier alpha value is -2.06. The van der Waals surface area contributed by atoms with Gasteiger partial charge in [-0.3, -0.25) is 0 Å². The largest absolute Gasteiger partial charge is 0.508 e. The van der Waals surface area contributed by atoms with Crippen molar-refractivity contribution < 1.29 is 24.3 Å². The van der Waals surface area contributed by atoms with Crippen molar-refractivity contribution in [2.75, 3.05) is 13.2 Å². The average Bonchev–Trinajstić information content (AvgIpc) is 2.92. The second kappa shape index (κ2) is 9.21. The van der Waals surface area contributed by atoms with Crippen molar-refractivity contribution in [3.05, 3.63) is 53.6 Å². The molecule has 0 aliphatic carbocycles. The highest BCUT2D eigenvalue weighted by atomic mass is 16.7. The van der Waals surface area contributed by atoms with E-state index in [4.69, 9.17) is 14.0 Å². The van der Waals surface area contributed by atoms with Crippen LogP contribution >= 0.6 is 0 Å². The fourth-order valence-corrected chi connectivity index (χ4v) is 3.50. The first-order valence-corrected chi connectivity index (χ1v) is 10.8. The molecule has 0 saturated carbocycles. The van der Waals surface area contributed by atoms with Crippen molar-refractivity contribution in [2.24, 2.45) is 0 Å². The summed E-state index contributed by atoms with van der Waals surface area (Å²) in [5, 5.41) is 23.1. The summed E-state index contributed by atoms with van der Waals surface area (Å²) in [7, 11) is -0.386. The molecule has 2 atom stereocenters. The van der Waals surface area contributed by atoms with Crippen molar-refractivity contribution >= 4 is 12.6 Å². The van der Waals surface area contributed by atoms with Crippen LogP contribution in [0.5, 0.6) is 11.5 Å². The van der Waals surface area contributed by atoms with Crippen LogP contribution in [0.1, 0.15) is 51.8 Å². The molecule has 0 bridgehead atoms.